The summed E-state index contributed by atoms with van der Waals surface area (Å²) >= 11 is 5.90. The monoisotopic (exact) mass is 285 g/mol. The van der Waals surface area contributed by atoms with E-state index in [9.17, 15) is 0 Å². The SMILES string of the molecule is CCCOCCOC(c1ccc(Cl)cc1)C(N)CC. The molecule has 0 fully saturated rings. The zero-order chi connectivity index (χ0) is 14.1. The third-order valence-electron chi connectivity index (χ3n) is 2.93. The standard InChI is InChI=1S/C15H24ClNO2/c1-3-9-18-10-11-19-15(14(17)4-2)12-5-7-13(16)8-6-12/h5-8,14-15H,3-4,9-11,17H2,1-2H3. The average Bonchev–Trinajstić information content (AvgIpc) is 2.43. The first kappa shape index (κ1) is 16.4. The summed E-state index contributed by atoms with van der Waals surface area (Å²) in [6, 6.07) is 7.64. The van der Waals surface area contributed by atoms with Crippen LogP contribution in [0.4, 0.5) is 0 Å². The van der Waals surface area contributed by atoms with Crippen molar-refractivity contribution >= 4 is 11.6 Å². The minimum Gasteiger partial charge on any atom is -0.379 e. The summed E-state index contributed by atoms with van der Waals surface area (Å²) in [6.45, 7) is 6.08. The zero-order valence-electron chi connectivity index (χ0n) is 11.8. The molecular formula is C15H24ClNO2. The molecule has 4 heteroatoms. The number of nitrogens with two attached hydrogens (primary N) is 1. The Morgan fingerprint density at radius 3 is 2.37 bits per heavy atom. The highest BCUT2D eigenvalue weighted by Gasteiger charge is 2.19. The lowest BCUT2D eigenvalue weighted by Gasteiger charge is -2.24. The van der Waals surface area contributed by atoms with Crippen LogP contribution in [0.5, 0.6) is 0 Å². The third-order valence-corrected chi connectivity index (χ3v) is 3.18. The first-order chi connectivity index (χ1) is 9.19. The Balaban J connectivity index is 2.54. The van der Waals surface area contributed by atoms with Gasteiger partial charge in [0, 0.05) is 17.7 Å². The number of benzene rings is 1. The highest BCUT2D eigenvalue weighted by atomic mass is 35.5. The summed E-state index contributed by atoms with van der Waals surface area (Å²) in [5, 5.41) is 0.721. The highest BCUT2D eigenvalue weighted by molar-refractivity contribution is 6.30. The van der Waals surface area contributed by atoms with Crippen molar-refractivity contribution < 1.29 is 9.47 Å². The Hall–Kier alpha value is -0.610. The zero-order valence-corrected chi connectivity index (χ0v) is 12.5. The number of hydrogen-bond acceptors (Lipinski definition) is 3. The molecule has 3 nitrogen and oxygen atoms in total. The van der Waals surface area contributed by atoms with Crippen molar-refractivity contribution in [2.75, 3.05) is 19.8 Å². The van der Waals surface area contributed by atoms with Crippen LogP contribution in [0.25, 0.3) is 0 Å². The molecule has 2 atom stereocenters. The summed E-state index contributed by atoms with van der Waals surface area (Å²) < 4.78 is 11.3. The van der Waals surface area contributed by atoms with Crippen LogP contribution in [0.15, 0.2) is 24.3 Å². The van der Waals surface area contributed by atoms with Gasteiger partial charge >= 0.3 is 0 Å². The molecule has 0 radical (unpaired) electrons. The van der Waals surface area contributed by atoms with Gasteiger partial charge in [0.1, 0.15) is 0 Å². The van der Waals surface area contributed by atoms with E-state index in [-0.39, 0.29) is 12.1 Å². The lowest BCUT2D eigenvalue weighted by atomic mass is 10.0. The molecule has 0 aliphatic rings. The Kier molecular flexibility index (Phi) is 8.07. The van der Waals surface area contributed by atoms with Gasteiger partial charge in [0.05, 0.1) is 19.3 Å². The highest BCUT2D eigenvalue weighted by Crippen LogP contribution is 2.23. The van der Waals surface area contributed by atoms with Crippen molar-refractivity contribution in [3.63, 3.8) is 0 Å². The van der Waals surface area contributed by atoms with E-state index in [0.29, 0.717) is 13.2 Å². The molecule has 2 unspecified atom stereocenters. The maximum Gasteiger partial charge on any atom is 0.0976 e. The quantitative estimate of drug-likeness (QED) is 0.706. The van der Waals surface area contributed by atoms with E-state index < -0.39 is 0 Å². The maximum atomic E-state index is 6.13. The summed E-state index contributed by atoms with van der Waals surface area (Å²) in [7, 11) is 0. The van der Waals surface area contributed by atoms with Crippen molar-refractivity contribution in [2.45, 2.75) is 38.8 Å². The second-order valence-electron chi connectivity index (χ2n) is 4.53. The molecule has 0 saturated carbocycles. The van der Waals surface area contributed by atoms with Gasteiger partial charge in [-0.25, -0.2) is 0 Å². The molecule has 0 spiro atoms. The summed E-state index contributed by atoms with van der Waals surface area (Å²) in [5.74, 6) is 0. The van der Waals surface area contributed by atoms with Gasteiger partial charge in [-0.2, -0.15) is 0 Å². The van der Waals surface area contributed by atoms with Crippen molar-refractivity contribution in [3.8, 4) is 0 Å². The van der Waals surface area contributed by atoms with Crippen molar-refractivity contribution in [3.05, 3.63) is 34.9 Å². The van der Waals surface area contributed by atoms with Crippen LogP contribution >= 0.6 is 11.6 Å². The fraction of sp³-hybridized carbons (Fsp3) is 0.600. The van der Waals surface area contributed by atoms with Crippen LogP contribution in [-0.4, -0.2) is 25.9 Å². The molecule has 0 amide bonds. The van der Waals surface area contributed by atoms with Crippen LogP contribution in [0.2, 0.25) is 5.02 Å². The molecule has 19 heavy (non-hydrogen) atoms. The fourth-order valence-corrected chi connectivity index (χ4v) is 1.94. The number of rotatable bonds is 9. The van der Waals surface area contributed by atoms with Crippen molar-refractivity contribution in [2.24, 2.45) is 5.73 Å². The van der Waals surface area contributed by atoms with E-state index in [1.165, 1.54) is 0 Å². The Labute approximate surface area is 121 Å². The van der Waals surface area contributed by atoms with E-state index >= 15 is 0 Å². The summed E-state index contributed by atoms with van der Waals surface area (Å²) in [4.78, 5) is 0. The van der Waals surface area contributed by atoms with E-state index in [1.807, 2.05) is 24.3 Å². The number of ether oxygens (including phenoxy) is 2. The van der Waals surface area contributed by atoms with Crippen LogP contribution in [0, 0.1) is 0 Å². The predicted octanol–water partition coefficient (Wildman–Crippen LogP) is 3.56. The Morgan fingerprint density at radius 2 is 1.79 bits per heavy atom. The van der Waals surface area contributed by atoms with Crippen LogP contribution < -0.4 is 5.73 Å². The molecule has 0 aliphatic heterocycles. The molecular weight excluding hydrogens is 262 g/mol. The summed E-state index contributed by atoms with van der Waals surface area (Å²) in [5.41, 5.74) is 7.19. The second kappa shape index (κ2) is 9.32. The number of hydrogen-bond donors (Lipinski definition) is 1. The first-order valence-electron chi connectivity index (χ1n) is 6.89. The van der Waals surface area contributed by atoms with Gasteiger partial charge in [-0.3, -0.25) is 0 Å². The van der Waals surface area contributed by atoms with Crippen molar-refractivity contribution in [1.82, 2.24) is 0 Å². The maximum absolute atomic E-state index is 6.13. The lowest BCUT2D eigenvalue weighted by molar-refractivity contribution is -0.00766. The Morgan fingerprint density at radius 1 is 1.11 bits per heavy atom. The van der Waals surface area contributed by atoms with E-state index in [0.717, 1.165) is 30.0 Å². The van der Waals surface area contributed by atoms with Gasteiger partial charge in [-0.15, -0.1) is 0 Å². The normalized spacial score (nSPS) is 14.3. The van der Waals surface area contributed by atoms with Gasteiger partial charge < -0.3 is 15.2 Å². The van der Waals surface area contributed by atoms with Gasteiger partial charge in [0.2, 0.25) is 0 Å². The van der Waals surface area contributed by atoms with Gasteiger partial charge in [0.25, 0.3) is 0 Å². The van der Waals surface area contributed by atoms with Gasteiger partial charge in [-0.05, 0) is 30.5 Å². The molecule has 0 aromatic heterocycles. The average molecular weight is 286 g/mol. The second-order valence-corrected chi connectivity index (χ2v) is 4.96. The lowest BCUT2D eigenvalue weighted by Crippen LogP contribution is -2.30. The van der Waals surface area contributed by atoms with E-state index in [1.54, 1.807) is 0 Å². The Bertz CT molecular complexity index is 343. The van der Waals surface area contributed by atoms with E-state index in [4.69, 9.17) is 26.8 Å². The molecule has 108 valence electrons. The smallest absolute Gasteiger partial charge is 0.0976 e. The van der Waals surface area contributed by atoms with E-state index in [2.05, 4.69) is 13.8 Å². The molecule has 0 heterocycles. The molecule has 1 aromatic rings. The largest absolute Gasteiger partial charge is 0.379 e. The summed E-state index contributed by atoms with van der Waals surface area (Å²) in [6.07, 6.45) is 1.78. The molecule has 1 rings (SSSR count). The molecule has 0 bridgehead atoms. The topological polar surface area (TPSA) is 44.5 Å². The minimum absolute atomic E-state index is 0.0210. The fourth-order valence-electron chi connectivity index (χ4n) is 1.81. The third kappa shape index (κ3) is 5.91. The van der Waals surface area contributed by atoms with Gasteiger partial charge in [0.15, 0.2) is 0 Å². The predicted molar refractivity (Wildman–Crippen MR) is 79.5 cm³/mol. The first-order valence-corrected chi connectivity index (χ1v) is 7.27. The van der Waals surface area contributed by atoms with Crippen molar-refractivity contribution in [1.29, 1.82) is 0 Å². The number of halogens is 1. The van der Waals surface area contributed by atoms with Crippen LogP contribution in [0.3, 0.4) is 0 Å². The van der Waals surface area contributed by atoms with Crippen LogP contribution in [0.1, 0.15) is 38.4 Å². The van der Waals surface area contributed by atoms with Crippen LogP contribution in [-0.2, 0) is 9.47 Å². The minimum atomic E-state index is -0.104. The molecule has 1 aromatic carbocycles. The molecule has 0 saturated heterocycles. The molecule has 0 aliphatic carbocycles. The molecule has 2 N–H and O–H groups in total. The van der Waals surface area contributed by atoms with Gasteiger partial charge in [-0.1, -0.05) is 37.6 Å².